The lowest BCUT2D eigenvalue weighted by Gasteiger charge is -2.28. The lowest BCUT2D eigenvalue weighted by atomic mass is 9.78. The Labute approximate surface area is 234 Å². The maximum atomic E-state index is 13.1. The van der Waals surface area contributed by atoms with Gasteiger partial charge in [0.15, 0.2) is 0 Å². The molecular formula is C33H48O6. The van der Waals surface area contributed by atoms with Gasteiger partial charge in [0, 0.05) is 22.3 Å². The van der Waals surface area contributed by atoms with Gasteiger partial charge in [0.2, 0.25) is 0 Å². The van der Waals surface area contributed by atoms with Crippen molar-refractivity contribution in [1.29, 1.82) is 0 Å². The normalized spacial score (nSPS) is 13.7. The first-order valence-corrected chi connectivity index (χ1v) is 13.6. The summed E-state index contributed by atoms with van der Waals surface area (Å²) in [7, 11) is 0. The number of carbonyl (C=O) groups excluding carboxylic acids is 2. The van der Waals surface area contributed by atoms with Gasteiger partial charge in [-0.15, -0.1) is 0 Å². The first kappa shape index (κ1) is 32.2. The molecule has 0 saturated heterocycles. The third-order valence-corrected chi connectivity index (χ3v) is 6.68. The number of phenolic OH excluding ortho intramolecular Hbond substituents is 2. The molecule has 0 bridgehead atoms. The van der Waals surface area contributed by atoms with Gasteiger partial charge >= 0.3 is 11.9 Å². The van der Waals surface area contributed by atoms with E-state index in [0.29, 0.717) is 33.4 Å². The van der Waals surface area contributed by atoms with Crippen LogP contribution >= 0.6 is 0 Å². The van der Waals surface area contributed by atoms with Crippen molar-refractivity contribution in [2.75, 3.05) is 6.61 Å². The second kappa shape index (κ2) is 10.9. The number of rotatable bonds is 5. The highest BCUT2D eigenvalue weighted by atomic mass is 16.6. The van der Waals surface area contributed by atoms with E-state index in [1.807, 2.05) is 83.1 Å². The summed E-state index contributed by atoms with van der Waals surface area (Å²) in [6, 6.07) is 6.68. The molecule has 0 spiro atoms. The molecule has 6 heteroatoms. The van der Waals surface area contributed by atoms with E-state index >= 15 is 0 Å². The number of hydrogen-bond donors (Lipinski definition) is 2. The maximum Gasteiger partial charge on any atom is 0.338 e. The number of aromatic hydroxyl groups is 2. The number of benzene rings is 2. The van der Waals surface area contributed by atoms with Crippen molar-refractivity contribution in [2.24, 2.45) is 0 Å². The van der Waals surface area contributed by atoms with Crippen molar-refractivity contribution < 1.29 is 29.3 Å². The second-order valence-corrected chi connectivity index (χ2v) is 14.7. The van der Waals surface area contributed by atoms with E-state index in [2.05, 4.69) is 0 Å². The van der Waals surface area contributed by atoms with Gasteiger partial charge in [0.1, 0.15) is 24.2 Å². The van der Waals surface area contributed by atoms with E-state index in [1.54, 1.807) is 31.2 Å². The first-order valence-electron chi connectivity index (χ1n) is 13.6. The molecule has 0 aliphatic carbocycles. The third kappa shape index (κ3) is 7.77. The zero-order valence-corrected chi connectivity index (χ0v) is 26.1. The van der Waals surface area contributed by atoms with Gasteiger partial charge in [-0.1, -0.05) is 83.1 Å². The SMILES string of the molecule is CC(COC(=O)c1cc(C(C)(C)C)c(O)c(C(C)(C)C)c1)OC(=O)c1cc(C(C)(C)C)c(O)c(C(C)(C)C)c1. The van der Waals surface area contributed by atoms with Crippen LogP contribution in [0.5, 0.6) is 11.5 Å². The van der Waals surface area contributed by atoms with Gasteiger partial charge in [0.25, 0.3) is 0 Å². The van der Waals surface area contributed by atoms with E-state index in [4.69, 9.17) is 9.47 Å². The predicted molar refractivity (Wildman–Crippen MR) is 156 cm³/mol. The van der Waals surface area contributed by atoms with Crippen LogP contribution in [0.25, 0.3) is 0 Å². The summed E-state index contributed by atoms with van der Waals surface area (Å²) in [4.78, 5) is 26.2. The number of phenols is 2. The van der Waals surface area contributed by atoms with Crippen LogP contribution < -0.4 is 0 Å². The molecule has 39 heavy (non-hydrogen) atoms. The van der Waals surface area contributed by atoms with Crippen molar-refractivity contribution in [2.45, 2.75) is 118 Å². The molecule has 216 valence electrons. The van der Waals surface area contributed by atoms with E-state index in [0.717, 1.165) is 0 Å². The minimum Gasteiger partial charge on any atom is -0.507 e. The molecule has 0 amide bonds. The molecule has 1 unspecified atom stereocenters. The van der Waals surface area contributed by atoms with Crippen LogP contribution in [-0.2, 0) is 31.1 Å². The molecule has 2 N–H and O–H groups in total. The van der Waals surface area contributed by atoms with Crippen LogP contribution in [0.15, 0.2) is 24.3 Å². The minimum absolute atomic E-state index is 0.127. The van der Waals surface area contributed by atoms with Gasteiger partial charge in [-0.25, -0.2) is 9.59 Å². The highest BCUT2D eigenvalue weighted by Gasteiger charge is 2.30. The molecule has 0 saturated carbocycles. The Morgan fingerprint density at radius 1 is 0.615 bits per heavy atom. The Morgan fingerprint density at radius 3 is 1.18 bits per heavy atom. The minimum atomic E-state index is -0.701. The summed E-state index contributed by atoms with van der Waals surface area (Å²) >= 11 is 0. The average Bonchev–Trinajstić information content (AvgIpc) is 2.74. The molecule has 0 heterocycles. The molecular weight excluding hydrogens is 492 g/mol. The van der Waals surface area contributed by atoms with Crippen molar-refractivity contribution >= 4 is 11.9 Å². The molecule has 0 aliphatic heterocycles. The number of ether oxygens (including phenoxy) is 2. The summed E-state index contributed by atoms with van der Waals surface area (Å²) < 4.78 is 11.2. The lowest BCUT2D eigenvalue weighted by Crippen LogP contribution is -2.24. The van der Waals surface area contributed by atoms with Crippen LogP contribution in [0.4, 0.5) is 0 Å². The Kier molecular flexibility index (Phi) is 8.97. The molecule has 2 aromatic rings. The summed E-state index contributed by atoms with van der Waals surface area (Å²) in [6.45, 7) is 25.3. The average molecular weight is 541 g/mol. The van der Waals surface area contributed by atoms with E-state index in [1.165, 1.54) is 0 Å². The molecule has 1 atom stereocenters. The molecule has 0 radical (unpaired) electrons. The fraction of sp³-hybridized carbons (Fsp3) is 0.576. The summed E-state index contributed by atoms with van der Waals surface area (Å²) in [5, 5.41) is 21.9. The molecule has 6 nitrogen and oxygen atoms in total. The number of hydrogen-bond acceptors (Lipinski definition) is 6. The topological polar surface area (TPSA) is 93.1 Å². The lowest BCUT2D eigenvalue weighted by molar-refractivity contribution is 0.00443. The number of esters is 2. The Bertz CT molecular complexity index is 1160. The highest BCUT2D eigenvalue weighted by molar-refractivity contribution is 5.91. The molecule has 2 rings (SSSR count). The summed E-state index contributed by atoms with van der Waals surface area (Å²) in [6.07, 6.45) is -0.701. The molecule has 2 aromatic carbocycles. The Morgan fingerprint density at radius 2 is 0.897 bits per heavy atom. The van der Waals surface area contributed by atoms with Crippen molar-refractivity contribution in [3.63, 3.8) is 0 Å². The zero-order valence-electron chi connectivity index (χ0n) is 26.1. The smallest absolute Gasteiger partial charge is 0.338 e. The van der Waals surface area contributed by atoms with Crippen molar-refractivity contribution in [3.05, 3.63) is 57.6 Å². The predicted octanol–water partition coefficient (Wildman–Crippen LogP) is 7.69. The standard InChI is InChI=1S/C33H48O6/c1-19(39-29(37)21-16-24(32(8,9)10)27(35)25(17-21)33(11,12)13)18-38-28(36)20-14-22(30(2,3)4)26(34)23(15-20)31(5,6)7/h14-17,19,34-35H,18H2,1-13H3. The van der Waals surface area contributed by atoms with E-state index in [-0.39, 0.29) is 39.8 Å². The fourth-order valence-corrected chi connectivity index (χ4v) is 4.35. The Hall–Kier alpha value is -3.02. The number of carbonyl (C=O) groups is 2. The van der Waals surface area contributed by atoms with Gasteiger partial charge in [0.05, 0.1) is 11.1 Å². The quantitative estimate of drug-likeness (QED) is 0.378. The van der Waals surface area contributed by atoms with E-state index in [9.17, 15) is 19.8 Å². The van der Waals surface area contributed by atoms with Crippen molar-refractivity contribution in [1.82, 2.24) is 0 Å². The van der Waals surface area contributed by atoms with Gasteiger partial charge < -0.3 is 19.7 Å². The second-order valence-electron chi connectivity index (χ2n) is 14.7. The van der Waals surface area contributed by atoms with Gasteiger partial charge in [-0.05, 0) is 52.8 Å². The van der Waals surface area contributed by atoms with Crippen LogP contribution in [0, 0.1) is 0 Å². The van der Waals surface area contributed by atoms with Crippen LogP contribution in [0.3, 0.4) is 0 Å². The zero-order chi connectivity index (χ0) is 30.3. The maximum absolute atomic E-state index is 13.1. The molecule has 0 fully saturated rings. The van der Waals surface area contributed by atoms with E-state index < -0.39 is 18.0 Å². The Balaban J connectivity index is 2.27. The van der Waals surface area contributed by atoms with Crippen LogP contribution in [0.2, 0.25) is 0 Å². The molecule has 0 aliphatic rings. The van der Waals surface area contributed by atoms with Crippen LogP contribution in [-0.4, -0.2) is 34.9 Å². The van der Waals surface area contributed by atoms with Crippen LogP contribution in [0.1, 0.15) is 133 Å². The van der Waals surface area contributed by atoms with Gasteiger partial charge in [-0.3, -0.25) is 0 Å². The van der Waals surface area contributed by atoms with Crippen molar-refractivity contribution in [3.8, 4) is 11.5 Å². The molecule has 0 aromatic heterocycles. The third-order valence-electron chi connectivity index (χ3n) is 6.68. The van der Waals surface area contributed by atoms with Gasteiger partial charge in [-0.2, -0.15) is 0 Å². The largest absolute Gasteiger partial charge is 0.507 e. The summed E-state index contributed by atoms with van der Waals surface area (Å²) in [5.41, 5.74) is 1.79. The monoisotopic (exact) mass is 540 g/mol. The first-order chi connectivity index (χ1) is 17.4. The fourth-order valence-electron chi connectivity index (χ4n) is 4.35. The highest BCUT2D eigenvalue weighted by Crippen LogP contribution is 2.41. The summed E-state index contributed by atoms with van der Waals surface area (Å²) in [5.74, 6) is -0.730.